The van der Waals surface area contributed by atoms with Crippen molar-refractivity contribution in [2.24, 2.45) is 0 Å². The van der Waals surface area contributed by atoms with E-state index in [1.165, 1.54) is 6.92 Å². The molecule has 1 amide bonds. The van der Waals surface area contributed by atoms with Gasteiger partial charge >= 0.3 is 7.12 Å². The van der Waals surface area contributed by atoms with Crippen molar-refractivity contribution in [1.29, 1.82) is 0 Å². The maximum absolute atomic E-state index is 11.4. The molecule has 2 heterocycles. The van der Waals surface area contributed by atoms with Gasteiger partial charge in [0.15, 0.2) is 0 Å². The molecule has 1 fully saturated rings. The van der Waals surface area contributed by atoms with Crippen LogP contribution in [0.4, 0.5) is 0 Å². The van der Waals surface area contributed by atoms with Gasteiger partial charge in [-0.05, 0) is 50.9 Å². The molecule has 0 spiro atoms. The normalized spacial score (nSPS) is 19.0. The van der Waals surface area contributed by atoms with Gasteiger partial charge in [-0.1, -0.05) is 12.1 Å². The molecule has 3 rings (SSSR count). The molecule has 0 aliphatic carbocycles. The minimum atomic E-state index is -0.524. The van der Waals surface area contributed by atoms with Gasteiger partial charge in [0, 0.05) is 25.9 Å². The summed E-state index contributed by atoms with van der Waals surface area (Å²) < 4.78 is 12.3. The Kier molecular flexibility index (Phi) is 4.86. The second-order valence-corrected chi connectivity index (χ2v) is 7.52. The van der Waals surface area contributed by atoms with E-state index in [9.17, 15) is 4.79 Å². The lowest BCUT2D eigenvalue weighted by Crippen LogP contribution is -2.41. The molecule has 136 valence electrons. The lowest BCUT2D eigenvalue weighted by molar-refractivity contribution is -0.118. The van der Waals surface area contributed by atoms with Crippen LogP contribution in [-0.4, -0.2) is 40.7 Å². The van der Waals surface area contributed by atoms with Crippen LogP contribution in [0.15, 0.2) is 36.1 Å². The van der Waals surface area contributed by atoms with E-state index in [0.29, 0.717) is 6.54 Å². The number of fused-ring (bicyclic) bond motifs is 1. The lowest BCUT2D eigenvalue weighted by atomic mass is 9.77. The van der Waals surface area contributed by atoms with Crippen LogP contribution < -0.4 is 5.32 Å². The molecule has 0 saturated carbocycles. The van der Waals surface area contributed by atoms with Crippen LogP contribution in [-0.2, 0) is 14.1 Å². The summed E-state index contributed by atoms with van der Waals surface area (Å²) in [4.78, 5) is 20.0. The molecule has 1 aliphatic rings. The van der Waals surface area contributed by atoms with Crippen molar-refractivity contribution in [1.82, 2.24) is 15.3 Å². The molecular formula is C19H24BN3O3. The van der Waals surface area contributed by atoms with E-state index in [1.807, 2.05) is 52.0 Å². The van der Waals surface area contributed by atoms with Crippen molar-refractivity contribution in [3.8, 4) is 0 Å². The summed E-state index contributed by atoms with van der Waals surface area (Å²) in [5.74, 6) is -0.100. The average Bonchev–Trinajstić information content (AvgIpc) is 2.79. The quantitative estimate of drug-likeness (QED) is 0.856. The maximum Gasteiger partial charge on any atom is 0.492 e. The fraction of sp³-hybridized carbons (Fsp3) is 0.421. The zero-order valence-electron chi connectivity index (χ0n) is 15.9. The fourth-order valence-electron chi connectivity index (χ4n) is 2.71. The predicted molar refractivity (Wildman–Crippen MR) is 102 cm³/mol. The zero-order valence-corrected chi connectivity index (χ0v) is 15.9. The van der Waals surface area contributed by atoms with Gasteiger partial charge in [0.05, 0.1) is 22.2 Å². The van der Waals surface area contributed by atoms with Gasteiger partial charge in [0.1, 0.15) is 0 Å². The molecule has 1 aromatic heterocycles. The summed E-state index contributed by atoms with van der Waals surface area (Å²) in [6.07, 6.45) is 5.32. The molecular weight excluding hydrogens is 329 g/mol. The highest BCUT2D eigenvalue weighted by Gasteiger charge is 2.52. The number of benzene rings is 1. The van der Waals surface area contributed by atoms with E-state index in [4.69, 9.17) is 9.31 Å². The number of nitrogens with zero attached hydrogens (tertiary/aromatic N) is 2. The van der Waals surface area contributed by atoms with Gasteiger partial charge in [0.2, 0.25) is 5.91 Å². The third kappa shape index (κ3) is 3.79. The van der Waals surface area contributed by atoms with Gasteiger partial charge in [-0.3, -0.25) is 14.8 Å². The van der Waals surface area contributed by atoms with Crippen LogP contribution >= 0.6 is 0 Å². The molecule has 26 heavy (non-hydrogen) atoms. The Morgan fingerprint density at radius 2 is 1.73 bits per heavy atom. The predicted octanol–water partition coefficient (Wildman–Crippen LogP) is 2.78. The van der Waals surface area contributed by atoms with Crippen LogP contribution in [0.5, 0.6) is 0 Å². The minimum Gasteiger partial charge on any atom is -0.400 e. The Balaban J connectivity index is 1.94. The van der Waals surface area contributed by atoms with Crippen molar-refractivity contribution in [2.45, 2.75) is 45.8 Å². The second-order valence-electron chi connectivity index (χ2n) is 7.52. The summed E-state index contributed by atoms with van der Waals surface area (Å²) in [7, 11) is -0.524. The van der Waals surface area contributed by atoms with Crippen molar-refractivity contribution >= 4 is 30.1 Å². The number of carbonyl (C=O) groups excluding carboxylic acids is 1. The first-order chi connectivity index (χ1) is 12.2. The summed E-state index contributed by atoms with van der Waals surface area (Å²) >= 11 is 0. The molecule has 7 heteroatoms. The maximum atomic E-state index is 11.4. The Hall–Kier alpha value is -2.25. The van der Waals surface area contributed by atoms with Crippen LogP contribution in [0.2, 0.25) is 0 Å². The number of hydrogen-bond acceptors (Lipinski definition) is 5. The van der Waals surface area contributed by atoms with Crippen LogP contribution in [0.25, 0.3) is 17.1 Å². The van der Waals surface area contributed by atoms with Crippen molar-refractivity contribution < 1.29 is 14.1 Å². The fourth-order valence-corrected chi connectivity index (χ4v) is 2.71. The smallest absolute Gasteiger partial charge is 0.400 e. The van der Waals surface area contributed by atoms with Gasteiger partial charge in [-0.2, -0.15) is 0 Å². The van der Waals surface area contributed by atoms with E-state index in [-0.39, 0.29) is 5.91 Å². The summed E-state index contributed by atoms with van der Waals surface area (Å²) in [5.41, 5.74) is 2.57. The van der Waals surface area contributed by atoms with Gasteiger partial charge in [-0.25, -0.2) is 0 Å². The SMILES string of the molecule is CC(=O)NCC(=Cc1ccc2nccnc2c1)B1OC(C)(C)C(C)(C)O1. The monoisotopic (exact) mass is 353 g/mol. The summed E-state index contributed by atoms with van der Waals surface area (Å²) in [5, 5.41) is 2.84. The van der Waals surface area contributed by atoms with Crippen molar-refractivity contribution in [2.75, 3.05) is 6.54 Å². The third-order valence-corrected chi connectivity index (χ3v) is 4.94. The number of nitrogens with one attached hydrogen (secondary N) is 1. The Labute approximate surface area is 154 Å². The topological polar surface area (TPSA) is 73.3 Å². The number of carbonyl (C=O) groups is 1. The van der Waals surface area contributed by atoms with Crippen LogP contribution in [0.3, 0.4) is 0 Å². The average molecular weight is 353 g/mol. The summed E-state index contributed by atoms with van der Waals surface area (Å²) in [6.45, 7) is 9.88. The Morgan fingerprint density at radius 3 is 2.35 bits per heavy atom. The van der Waals surface area contributed by atoms with Gasteiger partial charge in [-0.15, -0.1) is 0 Å². The molecule has 1 aromatic carbocycles. The van der Waals surface area contributed by atoms with E-state index < -0.39 is 18.3 Å². The third-order valence-electron chi connectivity index (χ3n) is 4.94. The number of amides is 1. The van der Waals surface area contributed by atoms with Crippen molar-refractivity contribution in [3.63, 3.8) is 0 Å². The zero-order chi connectivity index (χ0) is 18.9. The second kappa shape index (κ2) is 6.81. The van der Waals surface area contributed by atoms with E-state index in [1.54, 1.807) is 12.4 Å². The van der Waals surface area contributed by atoms with E-state index in [2.05, 4.69) is 15.3 Å². The Bertz CT molecular complexity index is 848. The van der Waals surface area contributed by atoms with Crippen molar-refractivity contribution in [3.05, 3.63) is 41.6 Å². The highest BCUT2D eigenvalue weighted by Crippen LogP contribution is 2.38. The molecule has 1 aliphatic heterocycles. The molecule has 0 atom stereocenters. The standard InChI is InChI=1S/C19H24BN3O3/c1-13(24)23-12-15(20-25-18(2,3)19(4,5)26-20)10-14-6-7-16-17(11-14)22-9-8-21-16/h6-11H,12H2,1-5H3,(H,23,24). The van der Waals surface area contributed by atoms with Gasteiger partial charge < -0.3 is 14.6 Å². The van der Waals surface area contributed by atoms with E-state index in [0.717, 1.165) is 22.1 Å². The number of rotatable bonds is 4. The molecule has 2 aromatic rings. The number of hydrogen-bond donors (Lipinski definition) is 1. The number of aromatic nitrogens is 2. The first-order valence-corrected chi connectivity index (χ1v) is 8.69. The van der Waals surface area contributed by atoms with Gasteiger partial charge in [0.25, 0.3) is 0 Å². The molecule has 0 unspecified atom stereocenters. The van der Waals surface area contributed by atoms with Crippen LogP contribution in [0.1, 0.15) is 40.2 Å². The molecule has 0 radical (unpaired) electrons. The lowest BCUT2D eigenvalue weighted by Gasteiger charge is -2.32. The van der Waals surface area contributed by atoms with Crippen LogP contribution in [0, 0.1) is 0 Å². The minimum absolute atomic E-state index is 0.100. The molecule has 1 saturated heterocycles. The molecule has 1 N–H and O–H groups in total. The summed E-state index contributed by atoms with van der Waals surface area (Å²) in [6, 6.07) is 5.85. The highest BCUT2D eigenvalue weighted by atomic mass is 16.7. The highest BCUT2D eigenvalue weighted by molar-refractivity contribution is 6.56. The molecule has 6 nitrogen and oxygen atoms in total. The first kappa shape index (κ1) is 18.5. The van der Waals surface area contributed by atoms with E-state index >= 15 is 0 Å². The molecule has 0 bridgehead atoms. The Morgan fingerprint density at radius 1 is 1.12 bits per heavy atom. The largest absolute Gasteiger partial charge is 0.492 e. The first-order valence-electron chi connectivity index (χ1n) is 8.69.